The molecule has 0 saturated heterocycles. The molecule has 140 valence electrons. The molecule has 0 aliphatic rings. The SMILES string of the molecule is NCCC(=O)NCCCNc1nc2cc(C(N)=O)ccc2c2cnccc12. The number of primary amides is 1. The summed E-state index contributed by atoms with van der Waals surface area (Å²) in [5.74, 6) is 0.166. The largest absolute Gasteiger partial charge is 0.369 e. The van der Waals surface area contributed by atoms with E-state index in [1.54, 1.807) is 24.5 Å². The molecular weight excluding hydrogens is 344 g/mol. The molecule has 3 aromatic rings. The third kappa shape index (κ3) is 4.29. The molecule has 6 N–H and O–H groups in total. The first-order chi connectivity index (χ1) is 13.1. The number of hydrogen-bond donors (Lipinski definition) is 4. The van der Waals surface area contributed by atoms with Crippen LogP contribution < -0.4 is 22.1 Å². The van der Waals surface area contributed by atoms with Gasteiger partial charge in [-0.05, 0) is 24.6 Å². The summed E-state index contributed by atoms with van der Waals surface area (Å²) in [5.41, 5.74) is 11.8. The number of anilines is 1. The summed E-state index contributed by atoms with van der Waals surface area (Å²) in [6.07, 6.45) is 4.57. The van der Waals surface area contributed by atoms with Crippen LogP contribution in [0.3, 0.4) is 0 Å². The molecule has 8 heteroatoms. The zero-order valence-corrected chi connectivity index (χ0v) is 14.9. The molecule has 3 rings (SSSR count). The van der Waals surface area contributed by atoms with Gasteiger partial charge >= 0.3 is 0 Å². The minimum atomic E-state index is -0.493. The summed E-state index contributed by atoms with van der Waals surface area (Å²) >= 11 is 0. The van der Waals surface area contributed by atoms with Crippen LogP contribution in [0.15, 0.2) is 36.7 Å². The molecule has 0 spiro atoms. The summed E-state index contributed by atoms with van der Waals surface area (Å²) in [6, 6.07) is 7.11. The number of nitrogens with one attached hydrogen (secondary N) is 2. The zero-order valence-electron chi connectivity index (χ0n) is 14.9. The van der Waals surface area contributed by atoms with Gasteiger partial charge in [0.05, 0.1) is 5.52 Å². The Balaban J connectivity index is 1.81. The molecule has 2 amide bonds. The lowest BCUT2D eigenvalue weighted by atomic mass is 10.1. The van der Waals surface area contributed by atoms with Gasteiger partial charge in [0.15, 0.2) is 0 Å². The number of hydrogen-bond acceptors (Lipinski definition) is 6. The molecule has 0 saturated carbocycles. The van der Waals surface area contributed by atoms with Gasteiger partial charge in [-0.25, -0.2) is 4.98 Å². The highest BCUT2D eigenvalue weighted by Crippen LogP contribution is 2.29. The first-order valence-electron chi connectivity index (χ1n) is 8.78. The van der Waals surface area contributed by atoms with E-state index in [-0.39, 0.29) is 5.91 Å². The maximum atomic E-state index is 11.5. The van der Waals surface area contributed by atoms with Crippen LogP contribution in [0.25, 0.3) is 21.7 Å². The van der Waals surface area contributed by atoms with E-state index in [1.165, 1.54) is 0 Å². The molecule has 27 heavy (non-hydrogen) atoms. The van der Waals surface area contributed by atoms with E-state index >= 15 is 0 Å². The van der Waals surface area contributed by atoms with Crippen LogP contribution in [0.5, 0.6) is 0 Å². The summed E-state index contributed by atoms with van der Waals surface area (Å²) in [7, 11) is 0. The van der Waals surface area contributed by atoms with Gasteiger partial charge in [-0.15, -0.1) is 0 Å². The standard InChI is InChI=1S/C19H22N6O2/c20-6-4-17(26)23-7-1-8-24-19-14-5-9-22-11-15(14)13-3-2-12(18(21)27)10-16(13)25-19/h2-3,5,9-11H,1,4,6-8,20H2,(H2,21,27)(H,23,26)(H,24,25). The second-order valence-electron chi connectivity index (χ2n) is 6.15. The smallest absolute Gasteiger partial charge is 0.248 e. The van der Waals surface area contributed by atoms with Crippen molar-refractivity contribution in [2.24, 2.45) is 11.5 Å². The normalized spacial score (nSPS) is 10.9. The van der Waals surface area contributed by atoms with Crippen molar-refractivity contribution < 1.29 is 9.59 Å². The highest BCUT2D eigenvalue weighted by molar-refractivity contribution is 6.11. The maximum absolute atomic E-state index is 11.5. The molecule has 0 fully saturated rings. The Morgan fingerprint density at radius 2 is 1.93 bits per heavy atom. The van der Waals surface area contributed by atoms with Gasteiger partial charge in [0, 0.05) is 60.2 Å². The van der Waals surface area contributed by atoms with E-state index in [2.05, 4.69) is 20.6 Å². The van der Waals surface area contributed by atoms with Crippen molar-refractivity contribution in [1.29, 1.82) is 0 Å². The fourth-order valence-electron chi connectivity index (χ4n) is 2.88. The van der Waals surface area contributed by atoms with Crippen LogP contribution in [0.2, 0.25) is 0 Å². The van der Waals surface area contributed by atoms with E-state index in [1.807, 2.05) is 12.1 Å². The lowest BCUT2D eigenvalue weighted by Crippen LogP contribution is -2.27. The van der Waals surface area contributed by atoms with Crippen LogP contribution in [0.4, 0.5) is 5.82 Å². The predicted molar refractivity (Wildman–Crippen MR) is 105 cm³/mol. The molecule has 1 aromatic carbocycles. The number of fused-ring (bicyclic) bond motifs is 3. The van der Waals surface area contributed by atoms with Gasteiger partial charge < -0.3 is 22.1 Å². The Kier molecular flexibility index (Phi) is 5.77. The van der Waals surface area contributed by atoms with Crippen LogP contribution in [-0.2, 0) is 4.79 Å². The number of aromatic nitrogens is 2. The molecule has 0 unspecified atom stereocenters. The molecule has 0 bridgehead atoms. The summed E-state index contributed by atoms with van der Waals surface area (Å²) < 4.78 is 0. The van der Waals surface area contributed by atoms with Gasteiger partial charge in [-0.2, -0.15) is 0 Å². The second kappa shape index (κ2) is 8.41. The van der Waals surface area contributed by atoms with Crippen molar-refractivity contribution in [2.45, 2.75) is 12.8 Å². The van der Waals surface area contributed by atoms with E-state index in [0.717, 1.165) is 22.6 Å². The average Bonchev–Trinajstić information content (AvgIpc) is 2.67. The second-order valence-corrected chi connectivity index (χ2v) is 6.15. The average molecular weight is 366 g/mol. The number of rotatable bonds is 8. The Labute approximate surface area is 156 Å². The van der Waals surface area contributed by atoms with Crippen molar-refractivity contribution in [3.63, 3.8) is 0 Å². The third-order valence-corrected chi connectivity index (χ3v) is 4.22. The van der Waals surface area contributed by atoms with Gasteiger partial charge in [0.1, 0.15) is 5.82 Å². The predicted octanol–water partition coefficient (Wildman–Crippen LogP) is 1.15. The summed E-state index contributed by atoms with van der Waals surface area (Å²) in [5, 5.41) is 8.91. The minimum Gasteiger partial charge on any atom is -0.369 e. The number of amides is 2. The van der Waals surface area contributed by atoms with E-state index in [0.29, 0.717) is 43.0 Å². The lowest BCUT2D eigenvalue weighted by molar-refractivity contribution is -0.120. The molecule has 0 aliphatic heterocycles. The number of benzene rings is 1. The van der Waals surface area contributed by atoms with E-state index < -0.39 is 5.91 Å². The monoisotopic (exact) mass is 366 g/mol. The fraction of sp³-hybridized carbons (Fsp3) is 0.263. The maximum Gasteiger partial charge on any atom is 0.248 e. The molecule has 8 nitrogen and oxygen atoms in total. The highest BCUT2D eigenvalue weighted by Gasteiger charge is 2.10. The number of nitrogens with two attached hydrogens (primary N) is 2. The van der Waals surface area contributed by atoms with Crippen molar-refractivity contribution >= 4 is 39.3 Å². The van der Waals surface area contributed by atoms with Gasteiger partial charge in [0.25, 0.3) is 0 Å². The molecule has 2 heterocycles. The van der Waals surface area contributed by atoms with E-state index in [4.69, 9.17) is 11.5 Å². The number of nitrogens with zero attached hydrogens (tertiary/aromatic N) is 2. The van der Waals surface area contributed by atoms with Crippen molar-refractivity contribution in [1.82, 2.24) is 15.3 Å². The first-order valence-corrected chi connectivity index (χ1v) is 8.78. The topological polar surface area (TPSA) is 136 Å². The van der Waals surface area contributed by atoms with Gasteiger partial charge in [0.2, 0.25) is 11.8 Å². The quantitative estimate of drug-likeness (QED) is 0.349. The Morgan fingerprint density at radius 3 is 2.70 bits per heavy atom. The molecule has 2 aromatic heterocycles. The van der Waals surface area contributed by atoms with Crippen molar-refractivity contribution in [2.75, 3.05) is 25.0 Å². The summed E-state index contributed by atoms with van der Waals surface area (Å²) in [4.78, 5) is 31.7. The fourth-order valence-corrected chi connectivity index (χ4v) is 2.88. The van der Waals surface area contributed by atoms with Crippen molar-refractivity contribution in [3.05, 3.63) is 42.2 Å². The number of pyridine rings is 2. The van der Waals surface area contributed by atoms with Gasteiger partial charge in [-0.1, -0.05) is 6.07 Å². The Morgan fingerprint density at radius 1 is 1.07 bits per heavy atom. The van der Waals surface area contributed by atoms with E-state index in [9.17, 15) is 9.59 Å². The zero-order chi connectivity index (χ0) is 19.2. The Hall–Kier alpha value is -3.26. The Bertz CT molecular complexity index is 989. The molecule has 0 radical (unpaired) electrons. The van der Waals surface area contributed by atoms with Crippen LogP contribution >= 0.6 is 0 Å². The third-order valence-electron chi connectivity index (χ3n) is 4.22. The number of carbonyl (C=O) groups is 2. The van der Waals surface area contributed by atoms with Gasteiger partial charge in [-0.3, -0.25) is 14.6 Å². The van der Waals surface area contributed by atoms with Crippen LogP contribution in [0.1, 0.15) is 23.2 Å². The van der Waals surface area contributed by atoms with Crippen molar-refractivity contribution in [3.8, 4) is 0 Å². The highest BCUT2D eigenvalue weighted by atomic mass is 16.1. The van der Waals surface area contributed by atoms with Crippen LogP contribution in [0, 0.1) is 0 Å². The van der Waals surface area contributed by atoms with Crippen LogP contribution in [-0.4, -0.2) is 41.4 Å². The first kappa shape index (κ1) is 18.5. The lowest BCUT2D eigenvalue weighted by Gasteiger charge is -2.12. The molecule has 0 atom stereocenters. The number of carbonyl (C=O) groups excluding carboxylic acids is 2. The molecular formula is C19H22N6O2. The summed E-state index contributed by atoms with van der Waals surface area (Å²) in [6.45, 7) is 1.54. The minimum absolute atomic E-state index is 0.0446. The molecule has 0 aliphatic carbocycles.